The van der Waals surface area contributed by atoms with E-state index in [9.17, 15) is 90.4 Å². The number of likely N-dealkylation sites (tertiary alicyclic amines) is 1. The van der Waals surface area contributed by atoms with E-state index in [-0.39, 0.29) is 220 Å². The molecular weight excluding hydrogens is 1440 g/mol. The zero-order chi connectivity index (χ0) is 79.1. The number of rotatable bonds is 61. The Hall–Kier alpha value is -3.81. The number of carbonyl (C=O) groups excluding carboxylic acids is 5. The van der Waals surface area contributed by atoms with E-state index >= 15 is 0 Å². The van der Waals surface area contributed by atoms with Crippen molar-refractivity contribution in [2.24, 2.45) is 0 Å². The Morgan fingerprint density at radius 2 is 0.685 bits per heavy atom. The summed E-state index contributed by atoms with van der Waals surface area (Å²) in [5.41, 5.74) is -1.86. The van der Waals surface area contributed by atoms with Crippen molar-refractivity contribution in [3.8, 4) is 0 Å². The van der Waals surface area contributed by atoms with Crippen LogP contribution in [0.3, 0.4) is 0 Å². The topological polar surface area (TPSA) is 547 Å². The number of aliphatic hydroxyl groups excluding tert-OH is 13. The van der Waals surface area contributed by atoms with Gasteiger partial charge in [-0.3, -0.25) is 24.0 Å². The summed E-state index contributed by atoms with van der Waals surface area (Å²) >= 11 is 0. The van der Waals surface area contributed by atoms with Gasteiger partial charge in [-0.05, 0) is 33.6 Å². The van der Waals surface area contributed by atoms with E-state index in [1.165, 1.54) is 0 Å². The summed E-state index contributed by atoms with van der Waals surface area (Å²) in [6, 6.07) is 0. The molecule has 4 aliphatic rings. The van der Waals surface area contributed by atoms with E-state index in [2.05, 4.69) is 21.3 Å². The molecule has 17 atom stereocenters. The smallest absolute Gasteiger partial charge is 0.224 e. The Morgan fingerprint density at radius 1 is 0.370 bits per heavy atom. The third-order valence-corrected chi connectivity index (χ3v) is 17.4. The Morgan fingerprint density at radius 3 is 1.02 bits per heavy atom. The lowest BCUT2D eigenvalue weighted by Crippen LogP contribution is -2.59. The number of ether oxygens (including phenoxy) is 16. The van der Waals surface area contributed by atoms with Gasteiger partial charge in [0.15, 0.2) is 18.9 Å². The SMILES string of the molecule is CC(C)(C)O[C@@H]1C[C@@H](O)CN1C(=O)CCCCCCCCCCC(=O)NC(COCCC(=O)NCCOCCOCCO[C@H]1OC(CO)[C@@H](O)[C@H](O)C1O)(COCCC(=O)NCCOCCOCCO[C@H]1OC(CO)[C@@H](O)[C@H](O)C1O)COCCC(=O)NCCOCCOCCO[C@H]1OC(CO)[C@@H](O)[C@H](O)C1O. The van der Waals surface area contributed by atoms with E-state index in [1.807, 2.05) is 20.8 Å². The molecule has 0 spiro atoms. The normalized spacial score (nSPS) is 27.3. The van der Waals surface area contributed by atoms with E-state index in [1.54, 1.807) is 4.90 Å². The highest BCUT2D eigenvalue weighted by Crippen LogP contribution is 2.28. The molecule has 17 N–H and O–H groups in total. The first-order valence-electron chi connectivity index (χ1n) is 37.6. The number of nitrogens with one attached hydrogen (secondary N) is 4. The van der Waals surface area contributed by atoms with Crippen molar-refractivity contribution in [1.29, 1.82) is 0 Å². The number of unbranched alkanes of at least 4 members (excludes halogenated alkanes) is 7. The fraction of sp³-hybridized carbons (Fsp3) is 0.928. The van der Waals surface area contributed by atoms with Crippen molar-refractivity contribution in [2.75, 3.05) is 185 Å². The average molecular weight is 1570 g/mol. The van der Waals surface area contributed by atoms with Crippen LogP contribution in [0.4, 0.5) is 0 Å². The summed E-state index contributed by atoms with van der Waals surface area (Å²) in [5.74, 6) is -1.50. The number of hydrogen-bond donors (Lipinski definition) is 17. The highest BCUT2D eigenvalue weighted by atomic mass is 16.7. The van der Waals surface area contributed by atoms with Crippen LogP contribution >= 0.6 is 0 Å². The second kappa shape index (κ2) is 55.6. The number of aliphatic hydroxyl groups is 13. The first kappa shape index (κ1) is 96.6. The molecule has 108 heavy (non-hydrogen) atoms. The van der Waals surface area contributed by atoms with Crippen molar-refractivity contribution >= 4 is 29.5 Å². The van der Waals surface area contributed by atoms with Crippen LogP contribution in [0.25, 0.3) is 0 Å². The molecular formula is C69H127N5O34. The zero-order valence-corrected chi connectivity index (χ0v) is 62.8. The van der Waals surface area contributed by atoms with Gasteiger partial charge in [0.05, 0.1) is 170 Å². The summed E-state index contributed by atoms with van der Waals surface area (Å²) < 4.78 is 89.5. The molecule has 0 aromatic rings. The average Bonchev–Trinajstić information content (AvgIpc) is 1.01. The molecule has 39 heteroatoms. The molecule has 39 nitrogen and oxygen atoms in total. The van der Waals surface area contributed by atoms with Crippen LogP contribution in [0, 0.1) is 0 Å². The number of β-amino-alcohol motifs (C(OH)–C–C–N with tert-alkyl or cyclic N) is 1. The Bertz CT molecular complexity index is 2210. The monoisotopic (exact) mass is 1570 g/mol. The first-order valence-corrected chi connectivity index (χ1v) is 37.6. The van der Waals surface area contributed by atoms with Crippen LogP contribution in [0.2, 0.25) is 0 Å². The van der Waals surface area contributed by atoms with Crippen LogP contribution in [-0.2, 0) is 99.8 Å². The largest absolute Gasteiger partial charge is 0.394 e. The third kappa shape index (κ3) is 38.8. The Kier molecular flexibility index (Phi) is 49.7. The van der Waals surface area contributed by atoms with Crippen molar-refractivity contribution in [1.82, 2.24) is 26.2 Å². The van der Waals surface area contributed by atoms with Gasteiger partial charge in [0.1, 0.15) is 85.0 Å². The standard InChI is InChI=1S/C69H127N5O34/c1-68(2,3)108-55-38-46(78)39-74(55)54(83)13-11-9-7-5-4-6-8-10-12-53(82)73-69(43-99-20-14-50(79)70-17-23-93-26-29-96-32-35-102-65-62(90)59(87)56(84)47(40-75)105-65,44-100-21-15-51(80)71-18-24-94-27-30-97-33-36-103-66-63(91)60(88)57(85)48(41-76)106-66)45-101-22-16-52(81)72-19-25-95-28-31-98-34-37-104-67-64(92)61(89)58(86)49(42-77)107-67/h46-49,55-67,75-78,84-92H,4-45H2,1-3H3,(H,70,79)(H,71,80)(H,72,81)(H,73,82)/t46-,47?,48?,49?,55-,56-,57-,58-,59+,60+,61+,62?,63?,64?,65+,66+,67+,69?/m1/s1. The minimum atomic E-state index is -1.58. The number of carbonyl (C=O) groups is 5. The van der Waals surface area contributed by atoms with Crippen LogP contribution < -0.4 is 21.3 Å². The molecule has 4 aliphatic heterocycles. The summed E-state index contributed by atoms with van der Waals surface area (Å²) in [6.07, 6.45) is -15.1. The lowest BCUT2D eigenvalue weighted by Gasteiger charge is -2.39. The fourth-order valence-corrected chi connectivity index (χ4v) is 11.5. The van der Waals surface area contributed by atoms with Crippen molar-refractivity contribution < 1.29 is 166 Å². The summed E-state index contributed by atoms with van der Waals surface area (Å²) in [4.78, 5) is 67.6. The van der Waals surface area contributed by atoms with E-state index < -0.39 is 135 Å². The zero-order valence-electron chi connectivity index (χ0n) is 62.8. The molecule has 4 heterocycles. The summed E-state index contributed by atoms with van der Waals surface area (Å²) in [6.45, 7) is 5.02. The molecule has 632 valence electrons. The fourth-order valence-electron chi connectivity index (χ4n) is 11.5. The molecule has 0 radical (unpaired) electrons. The molecule has 4 rings (SSSR count). The van der Waals surface area contributed by atoms with Gasteiger partial charge in [-0.2, -0.15) is 0 Å². The lowest BCUT2D eigenvalue weighted by atomic mass is 9.99. The Labute approximate surface area is 630 Å². The molecule has 4 saturated heterocycles. The quantitative estimate of drug-likeness (QED) is 0.0252. The van der Waals surface area contributed by atoms with Crippen LogP contribution in [0.5, 0.6) is 0 Å². The molecule has 5 amide bonds. The summed E-state index contributed by atoms with van der Waals surface area (Å²) in [5, 5.41) is 140. The van der Waals surface area contributed by atoms with E-state index in [0.717, 1.165) is 38.5 Å². The van der Waals surface area contributed by atoms with Gasteiger partial charge in [0.25, 0.3) is 0 Å². The van der Waals surface area contributed by atoms with Gasteiger partial charge in [-0.1, -0.05) is 38.5 Å². The van der Waals surface area contributed by atoms with Gasteiger partial charge in [-0.15, -0.1) is 0 Å². The molecule has 0 aromatic heterocycles. The summed E-state index contributed by atoms with van der Waals surface area (Å²) in [7, 11) is 0. The molecule has 4 fully saturated rings. The van der Waals surface area contributed by atoms with Gasteiger partial charge < -0.3 is 168 Å². The molecule has 0 saturated carbocycles. The third-order valence-electron chi connectivity index (χ3n) is 17.4. The second-order valence-corrected chi connectivity index (χ2v) is 27.6. The van der Waals surface area contributed by atoms with Crippen molar-refractivity contribution in [2.45, 2.75) is 226 Å². The maximum atomic E-state index is 13.9. The van der Waals surface area contributed by atoms with Crippen molar-refractivity contribution in [3.63, 3.8) is 0 Å². The number of hydrogen-bond acceptors (Lipinski definition) is 34. The predicted molar refractivity (Wildman–Crippen MR) is 373 cm³/mol. The number of amides is 5. The maximum Gasteiger partial charge on any atom is 0.224 e. The van der Waals surface area contributed by atoms with E-state index in [0.29, 0.717) is 25.7 Å². The highest BCUT2D eigenvalue weighted by molar-refractivity contribution is 5.78. The van der Waals surface area contributed by atoms with Gasteiger partial charge in [-0.25, -0.2) is 0 Å². The van der Waals surface area contributed by atoms with E-state index in [4.69, 9.17) is 75.8 Å². The number of nitrogens with zero attached hydrogens (tertiary/aromatic N) is 1. The highest BCUT2D eigenvalue weighted by Gasteiger charge is 2.47. The van der Waals surface area contributed by atoms with Gasteiger partial charge in [0.2, 0.25) is 29.5 Å². The minimum absolute atomic E-state index is 0.0331. The van der Waals surface area contributed by atoms with Gasteiger partial charge >= 0.3 is 0 Å². The van der Waals surface area contributed by atoms with Crippen LogP contribution in [0.1, 0.15) is 111 Å². The predicted octanol–water partition coefficient (Wildman–Crippen LogP) is -6.41. The second-order valence-electron chi connectivity index (χ2n) is 27.6. The molecule has 0 bridgehead atoms. The Balaban J connectivity index is 1.25. The first-order chi connectivity index (χ1) is 51.8. The lowest BCUT2D eigenvalue weighted by molar-refractivity contribution is -0.302. The van der Waals surface area contributed by atoms with Crippen molar-refractivity contribution in [3.05, 3.63) is 0 Å². The molecule has 0 aliphatic carbocycles. The molecule has 0 aromatic carbocycles. The van der Waals surface area contributed by atoms with Crippen LogP contribution in [-0.4, -0.2) is 401 Å². The molecule has 6 unspecified atom stereocenters. The maximum absolute atomic E-state index is 13.9. The van der Waals surface area contributed by atoms with Gasteiger partial charge in [0, 0.05) is 64.7 Å². The van der Waals surface area contributed by atoms with Crippen LogP contribution in [0.15, 0.2) is 0 Å². The minimum Gasteiger partial charge on any atom is -0.394 e.